The van der Waals surface area contributed by atoms with Crippen LogP contribution in [0.1, 0.15) is 32.4 Å². The number of anilines is 1. The van der Waals surface area contributed by atoms with Crippen molar-refractivity contribution in [2.24, 2.45) is 5.41 Å². The van der Waals surface area contributed by atoms with Crippen molar-refractivity contribution >= 4 is 33.7 Å². The molecule has 1 fully saturated rings. The van der Waals surface area contributed by atoms with Gasteiger partial charge in [-0.05, 0) is 18.3 Å². The second-order valence-corrected chi connectivity index (χ2v) is 6.86. The molecule has 3 nitrogen and oxygen atoms in total. The van der Waals surface area contributed by atoms with Gasteiger partial charge in [0.25, 0.3) is 0 Å². The normalized spacial score (nSPS) is 19.6. The van der Waals surface area contributed by atoms with E-state index in [0.717, 1.165) is 29.6 Å². The number of halogens is 1. The maximum Gasteiger partial charge on any atom is 0.195 e. The molecule has 0 bridgehead atoms. The lowest BCUT2D eigenvalue weighted by atomic mass is 9.83. The molecular weight excluding hydrogens is 266 g/mol. The lowest BCUT2D eigenvalue weighted by molar-refractivity contribution is 0.279. The number of fused-ring (bicyclic) bond motifs is 1. The Bertz CT molecular complexity index is 548. The number of hydrogen-bond acceptors (Lipinski definition) is 3. The first-order valence-electron chi connectivity index (χ1n) is 6.36. The fraction of sp³-hybridized carbons (Fsp3) is 0.615. The first kappa shape index (κ1) is 12.3. The summed E-state index contributed by atoms with van der Waals surface area (Å²) < 4.78 is 2.12. The van der Waals surface area contributed by atoms with Crippen LogP contribution in [0.4, 0.5) is 5.82 Å². The summed E-state index contributed by atoms with van der Waals surface area (Å²) in [5.41, 5.74) is 1.60. The molecule has 98 valence electrons. The number of rotatable bonds is 2. The highest BCUT2D eigenvalue weighted by Crippen LogP contribution is 2.34. The standard InChI is InChI=1S/C13H18ClN3S/c1-13(2)3-5-16(6-4-13)11-10(9-14)17-7-8-18-12(17)15-11/h7-8H,3-6,9H2,1-2H3. The number of hydrogen-bond donors (Lipinski definition) is 0. The zero-order valence-electron chi connectivity index (χ0n) is 10.8. The summed E-state index contributed by atoms with van der Waals surface area (Å²) in [6, 6.07) is 0. The Kier molecular flexibility index (Phi) is 3.02. The molecule has 0 aliphatic carbocycles. The third-order valence-electron chi connectivity index (χ3n) is 3.88. The summed E-state index contributed by atoms with van der Waals surface area (Å²) in [6.45, 7) is 6.86. The zero-order chi connectivity index (χ0) is 12.8. The molecule has 2 aromatic heterocycles. The fourth-order valence-corrected chi connectivity index (χ4v) is 3.50. The third kappa shape index (κ3) is 2.01. The van der Waals surface area contributed by atoms with E-state index >= 15 is 0 Å². The van der Waals surface area contributed by atoms with Crippen LogP contribution >= 0.6 is 22.9 Å². The minimum Gasteiger partial charge on any atom is -0.355 e. The minimum atomic E-state index is 0.467. The first-order valence-corrected chi connectivity index (χ1v) is 7.77. The SMILES string of the molecule is CC1(C)CCN(c2nc3sccn3c2CCl)CC1. The Labute approximate surface area is 116 Å². The van der Waals surface area contributed by atoms with Crippen LogP contribution in [0.5, 0.6) is 0 Å². The average Bonchev–Trinajstić information content (AvgIpc) is 2.88. The van der Waals surface area contributed by atoms with E-state index in [9.17, 15) is 0 Å². The lowest BCUT2D eigenvalue weighted by Gasteiger charge is -2.37. The molecule has 0 spiro atoms. The van der Waals surface area contributed by atoms with Gasteiger partial charge in [-0.2, -0.15) is 0 Å². The van der Waals surface area contributed by atoms with E-state index in [0.29, 0.717) is 11.3 Å². The number of alkyl halides is 1. The quantitative estimate of drug-likeness (QED) is 0.782. The Balaban J connectivity index is 1.92. The van der Waals surface area contributed by atoms with Crippen LogP contribution in [0.2, 0.25) is 0 Å². The van der Waals surface area contributed by atoms with E-state index in [1.807, 2.05) is 0 Å². The maximum atomic E-state index is 6.10. The number of nitrogens with zero attached hydrogens (tertiary/aromatic N) is 3. The Morgan fingerprint density at radius 1 is 1.39 bits per heavy atom. The van der Waals surface area contributed by atoms with Gasteiger partial charge in [-0.15, -0.1) is 22.9 Å². The van der Waals surface area contributed by atoms with Gasteiger partial charge in [0.15, 0.2) is 10.8 Å². The van der Waals surface area contributed by atoms with Crippen molar-refractivity contribution in [1.82, 2.24) is 9.38 Å². The highest BCUT2D eigenvalue weighted by molar-refractivity contribution is 7.15. The summed E-state index contributed by atoms with van der Waals surface area (Å²) in [7, 11) is 0. The van der Waals surface area contributed by atoms with Crippen LogP contribution < -0.4 is 4.90 Å². The molecule has 1 saturated heterocycles. The molecule has 0 N–H and O–H groups in total. The first-order chi connectivity index (χ1) is 8.61. The molecule has 0 atom stereocenters. The van der Waals surface area contributed by atoms with Crippen LogP contribution in [0.25, 0.3) is 4.96 Å². The van der Waals surface area contributed by atoms with Gasteiger partial charge in [0.2, 0.25) is 0 Å². The molecule has 0 radical (unpaired) electrons. The van der Waals surface area contributed by atoms with Crippen molar-refractivity contribution in [2.75, 3.05) is 18.0 Å². The van der Waals surface area contributed by atoms with Crippen molar-refractivity contribution in [1.29, 1.82) is 0 Å². The predicted molar refractivity (Wildman–Crippen MR) is 77.9 cm³/mol. The van der Waals surface area contributed by atoms with Gasteiger partial charge in [-0.3, -0.25) is 4.40 Å². The Morgan fingerprint density at radius 2 is 2.11 bits per heavy atom. The molecule has 3 heterocycles. The van der Waals surface area contributed by atoms with Gasteiger partial charge in [0.1, 0.15) is 0 Å². The molecule has 3 rings (SSSR count). The number of thiazole rings is 1. The summed E-state index contributed by atoms with van der Waals surface area (Å²) >= 11 is 7.77. The van der Waals surface area contributed by atoms with Crippen molar-refractivity contribution < 1.29 is 0 Å². The van der Waals surface area contributed by atoms with E-state index in [4.69, 9.17) is 16.6 Å². The molecule has 1 aliphatic heterocycles. The van der Waals surface area contributed by atoms with Crippen molar-refractivity contribution in [3.05, 3.63) is 17.3 Å². The molecule has 0 saturated carbocycles. The summed E-state index contributed by atoms with van der Waals surface area (Å²) in [4.78, 5) is 8.18. The van der Waals surface area contributed by atoms with E-state index in [1.54, 1.807) is 11.3 Å². The molecule has 0 aromatic carbocycles. The number of aromatic nitrogens is 2. The molecule has 0 amide bonds. The Hall–Kier alpha value is -0.740. The number of imidazole rings is 1. The topological polar surface area (TPSA) is 20.5 Å². The molecule has 5 heteroatoms. The van der Waals surface area contributed by atoms with Gasteiger partial charge in [-0.25, -0.2) is 4.98 Å². The lowest BCUT2D eigenvalue weighted by Crippen LogP contribution is -2.37. The van der Waals surface area contributed by atoms with Crippen LogP contribution in [0.15, 0.2) is 11.6 Å². The zero-order valence-corrected chi connectivity index (χ0v) is 12.4. The van der Waals surface area contributed by atoms with Gasteiger partial charge < -0.3 is 4.90 Å². The van der Waals surface area contributed by atoms with Gasteiger partial charge in [-0.1, -0.05) is 13.8 Å². The smallest absolute Gasteiger partial charge is 0.195 e. The average molecular weight is 284 g/mol. The molecule has 0 unspecified atom stereocenters. The van der Waals surface area contributed by atoms with Gasteiger partial charge >= 0.3 is 0 Å². The van der Waals surface area contributed by atoms with E-state index < -0.39 is 0 Å². The van der Waals surface area contributed by atoms with Crippen LogP contribution in [0.3, 0.4) is 0 Å². The minimum absolute atomic E-state index is 0.467. The second kappa shape index (κ2) is 4.42. The predicted octanol–water partition coefficient (Wildman–Crippen LogP) is 3.76. The van der Waals surface area contributed by atoms with Crippen molar-refractivity contribution in [3.63, 3.8) is 0 Å². The van der Waals surface area contributed by atoms with Crippen molar-refractivity contribution in [2.45, 2.75) is 32.6 Å². The number of piperidine rings is 1. The maximum absolute atomic E-state index is 6.10. The highest BCUT2D eigenvalue weighted by Gasteiger charge is 2.28. The highest BCUT2D eigenvalue weighted by atomic mass is 35.5. The monoisotopic (exact) mass is 283 g/mol. The molecule has 1 aliphatic rings. The Morgan fingerprint density at radius 3 is 2.78 bits per heavy atom. The van der Waals surface area contributed by atoms with Gasteiger partial charge in [0.05, 0.1) is 11.6 Å². The molecule has 2 aromatic rings. The summed E-state index contributed by atoms with van der Waals surface area (Å²) in [5, 5.41) is 2.06. The fourth-order valence-electron chi connectivity index (χ4n) is 2.52. The van der Waals surface area contributed by atoms with Crippen LogP contribution in [-0.4, -0.2) is 22.5 Å². The van der Waals surface area contributed by atoms with E-state index in [1.165, 1.54) is 12.8 Å². The molecule has 18 heavy (non-hydrogen) atoms. The van der Waals surface area contributed by atoms with Gasteiger partial charge in [0, 0.05) is 24.7 Å². The summed E-state index contributed by atoms with van der Waals surface area (Å²) in [5.74, 6) is 1.61. The van der Waals surface area contributed by atoms with E-state index in [2.05, 4.69) is 34.7 Å². The second-order valence-electron chi connectivity index (χ2n) is 5.72. The largest absolute Gasteiger partial charge is 0.355 e. The molecular formula is C13H18ClN3S. The van der Waals surface area contributed by atoms with Crippen LogP contribution in [-0.2, 0) is 5.88 Å². The van der Waals surface area contributed by atoms with Crippen molar-refractivity contribution in [3.8, 4) is 0 Å². The third-order valence-corrected chi connectivity index (χ3v) is 4.89. The van der Waals surface area contributed by atoms with E-state index in [-0.39, 0.29) is 0 Å². The van der Waals surface area contributed by atoms with Crippen LogP contribution in [0, 0.1) is 5.41 Å². The summed E-state index contributed by atoms with van der Waals surface area (Å²) in [6.07, 6.45) is 4.50.